The molecule has 0 aliphatic rings. The number of aliphatic hydroxyl groups excluding tert-OH is 1. The van der Waals surface area contributed by atoms with E-state index < -0.39 is 6.67 Å². The Morgan fingerprint density at radius 1 is 1.29 bits per heavy atom. The van der Waals surface area contributed by atoms with Crippen LogP contribution in [0.4, 0.5) is 4.39 Å². The first kappa shape index (κ1) is 11.2. The minimum absolute atomic E-state index is 0.340. The van der Waals surface area contributed by atoms with Crippen molar-refractivity contribution in [1.82, 2.24) is 0 Å². The standard InChI is InChI=1S/C12H17FO/c1-2-5-12(14)8-10-6-3-4-7-11(10)9-13/h3-4,6-7,12,14H,2,5,8-9H2,1H3. The van der Waals surface area contributed by atoms with E-state index in [1.54, 1.807) is 6.07 Å². The van der Waals surface area contributed by atoms with Gasteiger partial charge in [0.1, 0.15) is 6.67 Å². The summed E-state index contributed by atoms with van der Waals surface area (Å²) in [7, 11) is 0. The lowest BCUT2D eigenvalue weighted by Crippen LogP contribution is -2.10. The molecule has 1 unspecified atom stereocenters. The second kappa shape index (κ2) is 5.76. The Labute approximate surface area is 84.6 Å². The zero-order valence-corrected chi connectivity index (χ0v) is 8.54. The minimum Gasteiger partial charge on any atom is -0.393 e. The molecule has 1 N–H and O–H groups in total. The summed E-state index contributed by atoms with van der Waals surface area (Å²) < 4.78 is 12.5. The maximum absolute atomic E-state index is 12.5. The number of hydrogen-bond acceptors (Lipinski definition) is 1. The molecule has 1 atom stereocenters. The first-order valence-corrected chi connectivity index (χ1v) is 5.08. The molecule has 0 radical (unpaired) electrons. The second-order valence-electron chi connectivity index (χ2n) is 3.55. The van der Waals surface area contributed by atoms with Gasteiger partial charge in [0.05, 0.1) is 6.10 Å². The predicted octanol–water partition coefficient (Wildman–Crippen LogP) is 2.86. The lowest BCUT2D eigenvalue weighted by atomic mass is 10.0. The Bertz CT molecular complexity index is 273. The Morgan fingerprint density at radius 2 is 1.93 bits per heavy atom. The molecule has 0 heterocycles. The first-order chi connectivity index (χ1) is 6.77. The van der Waals surface area contributed by atoms with Gasteiger partial charge in [-0.05, 0) is 24.0 Å². The van der Waals surface area contributed by atoms with E-state index in [0.29, 0.717) is 12.0 Å². The molecule has 1 rings (SSSR count). The van der Waals surface area contributed by atoms with Crippen LogP contribution in [0.15, 0.2) is 24.3 Å². The molecule has 1 nitrogen and oxygen atoms in total. The fourth-order valence-electron chi connectivity index (χ4n) is 1.58. The highest BCUT2D eigenvalue weighted by atomic mass is 19.1. The van der Waals surface area contributed by atoms with Gasteiger partial charge in [-0.15, -0.1) is 0 Å². The van der Waals surface area contributed by atoms with Crippen molar-refractivity contribution < 1.29 is 9.50 Å². The predicted molar refractivity (Wildman–Crippen MR) is 55.9 cm³/mol. The molecule has 1 aromatic carbocycles. The van der Waals surface area contributed by atoms with Gasteiger partial charge >= 0.3 is 0 Å². The molecule has 0 fully saturated rings. The molecule has 0 spiro atoms. The van der Waals surface area contributed by atoms with Crippen LogP contribution in [0.5, 0.6) is 0 Å². The van der Waals surface area contributed by atoms with Crippen molar-refractivity contribution in [1.29, 1.82) is 0 Å². The van der Waals surface area contributed by atoms with Gasteiger partial charge in [-0.3, -0.25) is 0 Å². The summed E-state index contributed by atoms with van der Waals surface area (Å²) in [4.78, 5) is 0. The Kier molecular flexibility index (Phi) is 4.60. The summed E-state index contributed by atoms with van der Waals surface area (Å²) in [5.41, 5.74) is 1.62. The molecular formula is C12H17FO. The van der Waals surface area contributed by atoms with E-state index in [4.69, 9.17) is 0 Å². The molecule has 0 saturated carbocycles. The van der Waals surface area contributed by atoms with Crippen molar-refractivity contribution in [3.8, 4) is 0 Å². The molecule has 0 aliphatic heterocycles. The quantitative estimate of drug-likeness (QED) is 0.767. The molecule has 14 heavy (non-hydrogen) atoms. The van der Waals surface area contributed by atoms with Crippen molar-refractivity contribution in [3.63, 3.8) is 0 Å². The number of aliphatic hydroxyl groups is 1. The zero-order valence-electron chi connectivity index (χ0n) is 8.54. The highest BCUT2D eigenvalue weighted by molar-refractivity contribution is 5.26. The fraction of sp³-hybridized carbons (Fsp3) is 0.500. The number of halogens is 1. The summed E-state index contributed by atoms with van der Waals surface area (Å²) in [5, 5.41) is 9.60. The van der Waals surface area contributed by atoms with Crippen molar-refractivity contribution in [2.24, 2.45) is 0 Å². The van der Waals surface area contributed by atoms with Crippen LogP contribution >= 0.6 is 0 Å². The van der Waals surface area contributed by atoms with Gasteiger partial charge in [-0.2, -0.15) is 0 Å². The van der Waals surface area contributed by atoms with Crippen molar-refractivity contribution in [2.45, 2.75) is 39.0 Å². The van der Waals surface area contributed by atoms with Crippen LogP contribution in [0, 0.1) is 0 Å². The van der Waals surface area contributed by atoms with Gasteiger partial charge < -0.3 is 5.11 Å². The number of hydrogen-bond donors (Lipinski definition) is 1. The van der Waals surface area contributed by atoms with Crippen LogP contribution in [0.1, 0.15) is 30.9 Å². The molecule has 0 bridgehead atoms. The third-order valence-corrected chi connectivity index (χ3v) is 2.34. The van der Waals surface area contributed by atoms with E-state index in [1.165, 1.54) is 0 Å². The summed E-state index contributed by atoms with van der Waals surface area (Å²) in [6.07, 6.45) is 1.96. The van der Waals surface area contributed by atoms with E-state index >= 15 is 0 Å². The van der Waals surface area contributed by atoms with Gasteiger partial charge in [-0.25, -0.2) is 4.39 Å². The Hall–Kier alpha value is -0.890. The van der Waals surface area contributed by atoms with Crippen molar-refractivity contribution in [3.05, 3.63) is 35.4 Å². The SMILES string of the molecule is CCCC(O)Cc1ccccc1CF. The van der Waals surface area contributed by atoms with E-state index in [1.807, 2.05) is 25.1 Å². The van der Waals surface area contributed by atoms with Crippen LogP contribution in [-0.2, 0) is 13.1 Å². The lowest BCUT2D eigenvalue weighted by molar-refractivity contribution is 0.163. The molecule has 0 saturated heterocycles. The topological polar surface area (TPSA) is 20.2 Å². The van der Waals surface area contributed by atoms with E-state index in [-0.39, 0.29) is 6.10 Å². The van der Waals surface area contributed by atoms with Gasteiger partial charge in [0.2, 0.25) is 0 Å². The summed E-state index contributed by atoms with van der Waals surface area (Å²) in [5.74, 6) is 0. The minimum atomic E-state index is -0.449. The van der Waals surface area contributed by atoms with E-state index in [2.05, 4.69) is 0 Å². The van der Waals surface area contributed by atoms with Gasteiger partial charge in [0.25, 0.3) is 0 Å². The summed E-state index contributed by atoms with van der Waals surface area (Å²) in [6, 6.07) is 7.36. The monoisotopic (exact) mass is 196 g/mol. The molecule has 2 heteroatoms. The Morgan fingerprint density at radius 3 is 2.50 bits per heavy atom. The van der Waals surface area contributed by atoms with Crippen molar-refractivity contribution >= 4 is 0 Å². The highest BCUT2D eigenvalue weighted by Gasteiger charge is 2.07. The molecular weight excluding hydrogens is 179 g/mol. The summed E-state index contributed by atoms with van der Waals surface area (Å²) in [6.45, 7) is 1.58. The van der Waals surface area contributed by atoms with E-state index in [9.17, 15) is 9.50 Å². The highest BCUT2D eigenvalue weighted by Crippen LogP contribution is 2.14. The summed E-state index contributed by atoms with van der Waals surface area (Å²) >= 11 is 0. The number of alkyl halides is 1. The first-order valence-electron chi connectivity index (χ1n) is 5.08. The van der Waals surface area contributed by atoms with Crippen LogP contribution in [0.25, 0.3) is 0 Å². The fourth-order valence-corrected chi connectivity index (χ4v) is 1.58. The average Bonchev–Trinajstić information content (AvgIpc) is 2.19. The van der Waals surface area contributed by atoms with Crippen molar-refractivity contribution in [2.75, 3.05) is 0 Å². The maximum Gasteiger partial charge on any atom is 0.115 e. The third-order valence-electron chi connectivity index (χ3n) is 2.34. The van der Waals surface area contributed by atoms with Crippen LogP contribution in [-0.4, -0.2) is 11.2 Å². The normalized spacial score (nSPS) is 12.8. The molecule has 1 aromatic rings. The van der Waals surface area contributed by atoms with Crippen LogP contribution in [0.2, 0.25) is 0 Å². The second-order valence-corrected chi connectivity index (χ2v) is 3.55. The lowest BCUT2D eigenvalue weighted by Gasteiger charge is -2.11. The van der Waals surface area contributed by atoms with Gasteiger partial charge in [0.15, 0.2) is 0 Å². The van der Waals surface area contributed by atoms with E-state index in [0.717, 1.165) is 18.4 Å². The molecule has 0 aliphatic carbocycles. The number of rotatable bonds is 5. The molecule has 0 amide bonds. The average molecular weight is 196 g/mol. The smallest absolute Gasteiger partial charge is 0.115 e. The Balaban J connectivity index is 2.65. The maximum atomic E-state index is 12.5. The van der Waals surface area contributed by atoms with Crippen LogP contribution < -0.4 is 0 Å². The van der Waals surface area contributed by atoms with Gasteiger partial charge in [-0.1, -0.05) is 37.6 Å². The van der Waals surface area contributed by atoms with Crippen LogP contribution in [0.3, 0.4) is 0 Å². The molecule has 78 valence electrons. The largest absolute Gasteiger partial charge is 0.393 e. The molecule has 0 aromatic heterocycles. The third kappa shape index (κ3) is 3.11. The number of benzene rings is 1. The van der Waals surface area contributed by atoms with Gasteiger partial charge in [0, 0.05) is 0 Å². The zero-order chi connectivity index (χ0) is 10.4.